The fourth-order valence-corrected chi connectivity index (χ4v) is 2.12. The molecule has 2 atom stereocenters. The Morgan fingerprint density at radius 1 is 1.50 bits per heavy atom. The normalized spacial score (nSPS) is 33.0. The molecule has 60 valence electrons. The maximum absolute atomic E-state index is 5.80. The Bertz CT molecular complexity index is 95.3. The van der Waals surface area contributed by atoms with Gasteiger partial charge in [-0.2, -0.15) is 0 Å². The lowest BCUT2D eigenvalue weighted by Gasteiger charge is -2.17. The first-order valence-corrected chi connectivity index (χ1v) is 4.71. The molecule has 1 N–H and O–H groups in total. The van der Waals surface area contributed by atoms with Gasteiger partial charge in [-0.15, -0.1) is 11.6 Å². The molecule has 1 aliphatic carbocycles. The minimum absolute atomic E-state index is 0.711. The van der Waals surface area contributed by atoms with Gasteiger partial charge in [-0.3, -0.25) is 0 Å². The largest absolute Gasteiger partial charge is 0.314 e. The van der Waals surface area contributed by atoms with Crippen molar-refractivity contribution in [1.29, 1.82) is 0 Å². The standard InChI is InChI=1S/C8H16ClN/c1-2-10-8-5-3-4-7(8)6-9/h7-8,10H,2-6H2,1H3. The van der Waals surface area contributed by atoms with Crippen LogP contribution in [0.4, 0.5) is 0 Å². The van der Waals surface area contributed by atoms with Crippen LogP contribution in [0.5, 0.6) is 0 Å². The summed E-state index contributed by atoms with van der Waals surface area (Å²) in [7, 11) is 0. The number of alkyl halides is 1. The Balaban J connectivity index is 2.27. The van der Waals surface area contributed by atoms with Crippen molar-refractivity contribution in [3.05, 3.63) is 0 Å². The zero-order valence-corrected chi connectivity index (χ0v) is 7.32. The number of hydrogen-bond donors (Lipinski definition) is 1. The van der Waals surface area contributed by atoms with E-state index in [0.29, 0.717) is 6.04 Å². The SMILES string of the molecule is CCNC1CCCC1CCl. The van der Waals surface area contributed by atoms with Gasteiger partial charge >= 0.3 is 0 Å². The van der Waals surface area contributed by atoms with E-state index in [-0.39, 0.29) is 0 Å². The Kier molecular flexibility index (Phi) is 3.50. The van der Waals surface area contributed by atoms with Crippen molar-refractivity contribution in [3.63, 3.8) is 0 Å². The molecule has 0 amide bonds. The van der Waals surface area contributed by atoms with Gasteiger partial charge in [0.1, 0.15) is 0 Å². The predicted molar refractivity (Wildman–Crippen MR) is 45.5 cm³/mol. The molecule has 10 heavy (non-hydrogen) atoms. The van der Waals surface area contributed by atoms with Gasteiger partial charge in [-0.1, -0.05) is 13.3 Å². The second-order valence-electron chi connectivity index (χ2n) is 3.01. The first-order chi connectivity index (χ1) is 4.88. The molecule has 0 radical (unpaired) electrons. The van der Waals surface area contributed by atoms with Crippen LogP contribution in [0.2, 0.25) is 0 Å². The molecule has 1 aliphatic rings. The number of nitrogens with one attached hydrogen (secondary N) is 1. The Morgan fingerprint density at radius 2 is 2.30 bits per heavy atom. The van der Waals surface area contributed by atoms with E-state index in [2.05, 4.69) is 12.2 Å². The fourth-order valence-electron chi connectivity index (χ4n) is 1.75. The van der Waals surface area contributed by atoms with Crippen LogP contribution < -0.4 is 5.32 Å². The van der Waals surface area contributed by atoms with Crippen LogP contribution in [0.15, 0.2) is 0 Å². The van der Waals surface area contributed by atoms with E-state index < -0.39 is 0 Å². The zero-order chi connectivity index (χ0) is 7.40. The molecule has 1 rings (SSSR count). The summed E-state index contributed by atoms with van der Waals surface area (Å²) in [6.45, 7) is 3.24. The number of rotatable bonds is 3. The van der Waals surface area contributed by atoms with Crippen molar-refractivity contribution in [3.8, 4) is 0 Å². The van der Waals surface area contributed by atoms with Crippen LogP contribution >= 0.6 is 11.6 Å². The monoisotopic (exact) mass is 161 g/mol. The van der Waals surface area contributed by atoms with Crippen molar-refractivity contribution in [2.24, 2.45) is 5.92 Å². The smallest absolute Gasteiger partial charge is 0.0266 e. The highest BCUT2D eigenvalue weighted by Crippen LogP contribution is 2.26. The van der Waals surface area contributed by atoms with E-state index in [1.165, 1.54) is 19.3 Å². The summed E-state index contributed by atoms with van der Waals surface area (Å²) < 4.78 is 0. The lowest BCUT2D eigenvalue weighted by Crippen LogP contribution is -2.32. The van der Waals surface area contributed by atoms with E-state index in [4.69, 9.17) is 11.6 Å². The van der Waals surface area contributed by atoms with E-state index in [1.807, 2.05) is 0 Å². The maximum Gasteiger partial charge on any atom is 0.0266 e. The Labute approximate surface area is 68.1 Å². The van der Waals surface area contributed by atoms with Crippen LogP contribution in [0.1, 0.15) is 26.2 Å². The lowest BCUT2D eigenvalue weighted by atomic mass is 10.1. The third kappa shape index (κ3) is 1.86. The molecule has 0 aliphatic heterocycles. The molecule has 0 aromatic rings. The third-order valence-electron chi connectivity index (χ3n) is 2.32. The summed E-state index contributed by atoms with van der Waals surface area (Å²) >= 11 is 5.80. The summed E-state index contributed by atoms with van der Waals surface area (Å²) in [6.07, 6.45) is 4.00. The molecule has 0 aromatic carbocycles. The molecular weight excluding hydrogens is 146 g/mol. The first kappa shape index (κ1) is 8.35. The van der Waals surface area contributed by atoms with Crippen molar-refractivity contribution < 1.29 is 0 Å². The molecule has 0 aromatic heterocycles. The summed E-state index contributed by atoms with van der Waals surface area (Å²) in [5, 5.41) is 3.46. The highest BCUT2D eigenvalue weighted by molar-refractivity contribution is 6.18. The highest BCUT2D eigenvalue weighted by Gasteiger charge is 2.24. The molecule has 2 unspecified atom stereocenters. The lowest BCUT2D eigenvalue weighted by molar-refractivity contribution is 0.441. The average molecular weight is 162 g/mol. The molecular formula is C8H16ClN. The van der Waals surface area contributed by atoms with E-state index in [0.717, 1.165) is 18.3 Å². The van der Waals surface area contributed by atoms with Gasteiger partial charge in [0.25, 0.3) is 0 Å². The molecule has 0 bridgehead atoms. The highest BCUT2D eigenvalue weighted by atomic mass is 35.5. The summed E-state index contributed by atoms with van der Waals surface area (Å²) in [5.41, 5.74) is 0. The zero-order valence-electron chi connectivity index (χ0n) is 6.57. The van der Waals surface area contributed by atoms with Gasteiger partial charge in [0.05, 0.1) is 0 Å². The van der Waals surface area contributed by atoms with E-state index >= 15 is 0 Å². The van der Waals surface area contributed by atoms with Crippen molar-refractivity contribution in [1.82, 2.24) is 5.32 Å². The first-order valence-electron chi connectivity index (χ1n) is 4.17. The van der Waals surface area contributed by atoms with Crippen LogP contribution in [0, 0.1) is 5.92 Å². The van der Waals surface area contributed by atoms with Gasteiger partial charge in [0.2, 0.25) is 0 Å². The summed E-state index contributed by atoms with van der Waals surface area (Å²) in [5.74, 6) is 1.57. The Morgan fingerprint density at radius 3 is 2.90 bits per heavy atom. The maximum atomic E-state index is 5.80. The summed E-state index contributed by atoms with van der Waals surface area (Å²) in [4.78, 5) is 0. The second kappa shape index (κ2) is 4.20. The molecule has 0 saturated heterocycles. The van der Waals surface area contributed by atoms with Crippen LogP contribution in [0.25, 0.3) is 0 Å². The van der Waals surface area contributed by atoms with Gasteiger partial charge in [0.15, 0.2) is 0 Å². The van der Waals surface area contributed by atoms with Crippen LogP contribution in [-0.2, 0) is 0 Å². The second-order valence-corrected chi connectivity index (χ2v) is 3.32. The fraction of sp³-hybridized carbons (Fsp3) is 1.00. The molecule has 1 saturated carbocycles. The molecule has 0 heterocycles. The van der Waals surface area contributed by atoms with Gasteiger partial charge in [-0.25, -0.2) is 0 Å². The van der Waals surface area contributed by atoms with Crippen LogP contribution in [-0.4, -0.2) is 18.5 Å². The predicted octanol–water partition coefficient (Wildman–Crippen LogP) is 2.00. The minimum atomic E-state index is 0.711. The van der Waals surface area contributed by atoms with Crippen molar-refractivity contribution in [2.75, 3.05) is 12.4 Å². The van der Waals surface area contributed by atoms with E-state index in [1.54, 1.807) is 0 Å². The molecule has 1 nitrogen and oxygen atoms in total. The molecule has 2 heteroatoms. The number of halogens is 1. The average Bonchev–Trinajstić information content (AvgIpc) is 2.36. The number of hydrogen-bond acceptors (Lipinski definition) is 1. The van der Waals surface area contributed by atoms with Gasteiger partial charge < -0.3 is 5.32 Å². The molecule has 1 fully saturated rings. The van der Waals surface area contributed by atoms with Crippen molar-refractivity contribution in [2.45, 2.75) is 32.2 Å². The van der Waals surface area contributed by atoms with Crippen LogP contribution in [0.3, 0.4) is 0 Å². The Hall–Kier alpha value is 0.250. The summed E-state index contributed by atoms with van der Waals surface area (Å²) in [6, 6.07) is 0.711. The molecule has 0 spiro atoms. The quantitative estimate of drug-likeness (QED) is 0.625. The van der Waals surface area contributed by atoms with E-state index in [9.17, 15) is 0 Å². The van der Waals surface area contributed by atoms with Crippen molar-refractivity contribution >= 4 is 11.6 Å². The third-order valence-corrected chi connectivity index (χ3v) is 2.72. The topological polar surface area (TPSA) is 12.0 Å². The van der Waals surface area contributed by atoms with Gasteiger partial charge in [0, 0.05) is 11.9 Å². The van der Waals surface area contributed by atoms with Gasteiger partial charge in [-0.05, 0) is 25.3 Å². The minimum Gasteiger partial charge on any atom is -0.314 e.